The van der Waals surface area contributed by atoms with Gasteiger partial charge in [-0.15, -0.1) is 0 Å². The van der Waals surface area contributed by atoms with Crippen LogP contribution < -0.4 is 20.8 Å². The summed E-state index contributed by atoms with van der Waals surface area (Å²) in [6.45, 7) is 1.88. The van der Waals surface area contributed by atoms with Crippen molar-refractivity contribution in [3.8, 4) is 5.75 Å². The Hall–Kier alpha value is -2.09. The first-order valence-electron chi connectivity index (χ1n) is 9.18. The predicted molar refractivity (Wildman–Crippen MR) is 121 cm³/mol. The van der Waals surface area contributed by atoms with Gasteiger partial charge < -0.3 is 15.4 Å². The van der Waals surface area contributed by atoms with E-state index in [-0.39, 0.29) is 17.5 Å². The van der Waals surface area contributed by atoms with Crippen molar-refractivity contribution in [3.63, 3.8) is 0 Å². The first kappa shape index (κ1) is 21.6. The highest BCUT2D eigenvalue weighted by atomic mass is 35.5. The lowest BCUT2D eigenvalue weighted by Crippen LogP contribution is -2.30. The number of nitrogens with zero attached hydrogens (tertiary/aromatic N) is 2. The number of anilines is 1. The van der Waals surface area contributed by atoms with E-state index in [1.54, 1.807) is 18.2 Å². The largest absolute Gasteiger partial charge is 0.488 e. The van der Waals surface area contributed by atoms with Gasteiger partial charge in [-0.1, -0.05) is 29.3 Å². The lowest BCUT2D eigenvalue weighted by Gasteiger charge is -2.29. The average molecular weight is 455 g/mol. The van der Waals surface area contributed by atoms with E-state index in [9.17, 15) is 4.39 Å². The molecule has 1 fully saturated rings. The molecule has 5 nitrogen and oxygen atoms in total. The summed E-state index contributed by atoms with van der Waals surface area (Å²) >= 11 is 16.8. The van der Waals surface area contributed by atoms with E-state index in [0.717, 1.165) is 37.9 Å². The fourth-order valence-corrected chi connectivity index (χ4v) is 3.49. The quantitative estimate of drug-likeness (QED) is 0.370. The molecule has 0 radical (unpaired) electrons. The highest BCUT2D eigenvalue weighted by Gasteiger charge is 2.18. The van der Waals surface area contributed by atoms with Crippen LogP contribution in [0.5, 0.6) is 5.75 Å². The zero-order valence-electron chi connectivity index (χ0n) is 15.6. The molecular weight excluding hydrogens is 434 g/mol. The van der Waals surface area contributed by atoms with Crippen molar-refractivity contribution in [2.24, 2.45) is 10.8 Å². The van der Waals surface area contributed by atoms with Gasteiger partial charge in [0.25, 0.3) is 0 Å². The minimum Gasteiger partial charge on any atom is -0.488 e. The van der Waals surface area contributed by atoms with Crippen LogP contribution >= 0.6 is 35.4 Å². The average Bonchev–Trinajstić information content (AvgIpc) is 2.70. The van der Waals surface area contributed by atoms with Gasteiger partial charge in [0.1, 0.15) is 18.2 Å². The van der Waals surface area contributed by atoms with E-state index in [2.05, 4.69) is 10.5 Å². The van der Waals surface area contributed by atoms with E-state index in [1.165, 1.54) is 12.3 Å². The third-order valence-corrected chi connectivity index (χ3v) is 5.36. The third kappa shape index (κ3) is 5.95. The Morgan fingerprint density at radius 1 is 1.21 bits per heavy atom. The number of benzene rings is 2. The Morgan fingerprint density at radius 2 is 1.97 bits per heavy atom. The molecule has 0 amide bonds. The summed E-state index contributed by atoms with van der Waals surface area (Å²) in [5.41, 5.74) is 9.67. The summed E-state index contributed by atoms with van der Waals surface area (Å²) in [6.07, 6.45) is 4.67. The van der Waals surface area contributed by atoms with E-state index in [4.69, 9.17) is 45.9 Å². The molecule has 0 spiro atoms. The Kier molecular flexibility index (Phi) is 7.52. The van der Waals surface area contributed by atoms with E-state index >= 15 is 0 Å². The van der Waals surface area contributed by atoms with Gasteiger partial charge in [-0.25, -0.2) is 4.39 Å². The van der Waals surface area contributed by atoms with Crippen LogP contribution in [0.3, 0.4) is 0 Å². The molecule has 154 valence electrons. The number of nitrogens with one attached hydrogen (secondary N) is 1. The van der Waals surface area contributed by atoms with Crippen LogP contribution in [0.4, 0.5) is 10.1 Å². The maximum Gasteiger partial charge on any atom is 0.184 e. The topological polar surface area (TPSA) is 62.9 Å². The molecule has 0 saturated carbocycles. The van der Waals surface area contributed by atoms with Crippen LogP contribution in [0.2, 0.25) is 10.0 Å². The Balaban J connectivity index is 1.87. The minimum absolute atomic E-state index is 0.0185. The molecule has 1 aliphatic heterocycles. The van der Waals surface area contributed by atoms with Crippen LogP contribution in [0.15, 0.2) is 35.4 Å². The summed E-state index contributed by atoms with van der Waals surface area (Å²) in [6, 6.07) is 8.38. The van der Waals surface area contributed by atoms with Crippen LogP contribution in [0, 0.1) is 5.82 Å². The van der Waals surface area contributed by atoms with Crippen molar-refractivity contribution in [2.45, 2.75) is 25.9 Å². The molecule has 3 N–H and O–H groups in total. The molecule has 9 heteroatoms. The molecule has 1 saturated heterocycles. The summed E-state index contributed by atoms with van der Waals surface area (Å²) in [5.74, 6) is 0.164. The fraction of sp³-hybridized carbons (Fsp3) is 0.300. The second-order valence-electron chi connectivity index (χ2n) is 6.66. The molecule has 2 aromatic carbocycles. The van der Waals surface area contributed by atoms with Crippen LogP contribution in [0.1, 0.15) is 30.4 Å². The SMILES string of the molecule is NC(=S)NN=Cc1cc(F)c(N2CCCCC2)cc1OCc1ccc(Cl)c(Cl)c1. The minimum atomic E-state index is -0.328. The lowest BCUT2D eigenvalue weighted by atomic mass is 10.1. The number of hydrogen-bond donors (Lipinski definition) is 2. The monoisotopic (exact) mass is 454 g/mol. The highest BCUT2D eigenvalue weighted by molar-refractivity contribution is 7.80. The molecule has 2 aromatic rings. The third-order valence-electron chi connectivity index (χ3n) is 4.53. The second-order valence-corrected chi connectivity index (χ2v) is 7.91. The molecule has 0 bridgehead atoms. The number of hydrogen-bond acceptors (Lipinski definition) is 4. The van der Waals surface area contributed by atoms with Gasteiger partial charge in [-0.3, -0.25) is 5.43 Å². The zero-order valence-corrected chi connectivity index (χ0v) is 18.0. The van der Waals surface area contributed by atoms with Gasteiger partial charge in [0.05, 0.1) is 21.9 Å². The Bertz CT molecular complexity index is 920. The van der Waals surface area contributed by atoms with Crippen LogP contribution in [0.25, 0.3) is 0 Å². The maximum atomic E-state index is 14.8. The van der Waals surface area contributed by atoms with Crippen LogP contribution in [-0.4, -0.2) is 24.4 Å². The summed E-state index contributed by atoms with van der Waals surface area (Å²) in [5, 5.41) is 4.87. The van der Waals surface area contributed by atoms with Gasteiger partial charge in [0.2, 0.25) is 0 Å². The van der Waals surface area contributed by atoms with Gasteiger partial charge in [-0.05, 0) is 55.2 Å². The molecule has 0 aliphatic carbocycles. The number of rotatable bonds is 6. The van der Waals surface area contributed by atoms with E-state index < -0.39 is 0 Å². The van der Waals surface area contributed by atoms with E-state index in [1.807, 2.05) is 11.0 Å². The highest BCUT2D eigenvalue weighted by Crippen LogP contribution is 2.31. The standard InChI is InChI=1S/C20H21Cl2FN4OS/c21-15-5-4-13(8-16(15)22)12-28-19-10-18(27-6-2-1-3-7-27)17(23)9-14(19)11-25-26-20(24)29/h4-5,8-11H,1-3,6-7,12H2,(H3,24,26,29). The number of ether oxygens (including phenoxy) is 1. The van der Waals surface area contributed by atoms with Gasteiger partial charge in [0.15, 0.2) is 5.11 Å². The molecule has 29 heavy (non-hydrogen) atoms. The lowest BCUT2D eigenvalue weighted by molar-refractivity contribution is 0.305. The molecule has 1 heterocycles. The van der Waals surface area contributed by atoms with Crippen molar-refractivity contribution in [3.05, 3.63) is 57.3 Å². The first-order chi connectivity index (χ1) is 13.9. The molecule has 0 atom stereocenters. The maximum absolute atomic E-state index is 14.8. The molecular formula is C20H21Cl2FN4OS. The van der Waals surface area contributed by atoms with Gasteiger partial charge >= 0.3 is 0 Å². The Morgan fingerprint density at radius 3 is 2.66 bits per heavy atom. The Labute approximate surface area is 184 Å². The fourth-order valence-electron chi connectivity index (χ4n) is 3.12. The number of piperidine rings is 1. The van der Waals surface area contributed by atoms with Crippen molar-refractivity contribution in [2.75, 3.05) is 18.0 Å². The van der Waals surface area contributed by atoms with Crippen molar-refractivity contribution < 1.29 is 9.13 Å². The van der Waals surface area contributed by atoms with Crippen molar-refractivity contribution in [1.82, 2.24) is 5.43 Å². The second kappa shape index (κ2) is 10.1. The molecule has 1 aliphatic rings. The molecule has 0 aromatic heterocycles. The number of hydrazone groups is 1. The normalized spacial score (nSPS) is 14.2. The van der Waals surface area contributed by atoms with Crippen molar-refractivity contribution >= 4 is 52.4 Å². The smallest absolute Gasteiger partial charge is 0.184 e. The molecule has 3 rings (SSSR count). The van der Waals surface area contributed by atoms with E-state index in [0.29, 0.717) is 27.0 Å². The summed E-state index contributed by atoms with van der Waals surface area (Å²) in [7, 11) is 0. The van der Waals surface area contributed by atoms with Gasteiger partial charge in [-0.2, -0.15) is 5.10 Å². The number of thiocarbonyl (C=S) groups is 1. The number of nitrogens with two attached hydrogens (primary N) is 1. The first-order valence-corrected chi connectivity index (χ1v) is 10.3. The van der Waals surface area contributed by atoms with Crippen LogP contribution in [-0.2, 0) is 6.61 Å². The van der Waals surface area contributed by atoms with Crippen molar-refractivity contribution in [1.29, 1.82) is 0 Å². The molecule has 0 unspecified atom stereocenters. The zero-order chi connectivity index (χ0) is 20.8. The summed E-state index contributed by atoms with van der Waals surface area (Å²) in [4.78, 5) is 2.04. The van der Waals surface area contributed by atoms with Gasteiger partial charge in [0, 0.05) is 24.7 Å². The predicted octanol–water partition coefficient (Wildman–Crippen LogP) is 4.87. The summed E-state index contributed by atoms with van der Waals surface area (Å²) < 4.78 is 20.8. The number of halogens is 3.